The summed E-state index contributed by atoms with van der Waals surface area (Å²) in [6.07, 6.45) is 14.3. The van der Waals surface area contributed by atoms with E-state index in [1.807, 2.05) is 19.9 Å². The maximum atomic E-state index is 12.3. The molecular formula is C25H41N3O2S. The molecule has 174 valence electrons. The summed E-state index contributed by atoms with van der Waals surface area (Å²) in [5, 5.41) is 8.79. The third-order valence-corrected chi connectivity index (χ3v) is 5.30. The van der Waals surface area contributed by atoms with Crippen LogP contribution in [0.3, 0.4) is 0 Å². The van der Waals surface area contributed by atoms with Crippen LogP contribution in [0.15, 0.2) is 24.3 Å². The zero-order chi connectivity index (χ0) is 22.9. The van der Waals surface area contributed by atoms with Gasteiger partial charge in [0.15, 0.2) is 5.11 Å². The van der Waals surface area contributed by atoms with Crippen molar-refractivity contribution >= 4 is 34.8 Å². The zero-order valence-corrected chi connectivity index (χ0v) is 20.4. The number of amides is 2. The van der Waals surface area contributed by atoms with E-state index in [9.17, 15) is 9.59 Å². The van der Waals surface area contributed by atoms with E-state index in [2.05, 4.69) is 22.9 Å². The van der Waals surface area contributed by atoms with Gasteiger partial charge >= 0.3 is 0 Å². The Morgan fingerprint density at radius 1 is 0.871 bits per heavy atom. The molecule has 0 saturated carbocycles. The molecule has 0 heterocycles. The molecule has 0 unspecified atom stereocenters. The van der Waals surface area contributed by atoms with Gasteiger partial charge in [0, 0.05) is 12.5 Å². The SMILES string of the molecule is CCCCCCCCCCCCCC(=O)NC(=S)Nc1ccccc1C(=O)NC(C)C. The standard InChI is InChI=1S/C25H41N3O2S/c1-4-5-6-7-8-9-10-11-12-13-14-19-23(29)28-25(31)27-22-18-16-15-17-21(22)24(30)26-20(2)3/h15-18,20H,4-14,19H2,1-3H3,(H,26,30)(H2,27,28,29,31). The van der Waals surface area contributed by atoms with Crippen LogP contribution < -0.4 is 16.0 Å². The predicted molar refractivity (Wildman–Crippen MR) is 134 cm³/mol. The summed E-state index contributed by atoms with van der Waals surface area (Å²) in [7, 11) is 0. The van der Waals surface area contributed by atoms with Gasteiger partial charge in [0.25, 0.3) is 5.91 Å². The first kappa shape index (κ1) is 27.1. The number of rotatable bonds is 15. The Labute approximate surface area is 194 Å². The number of carbonyl (C=O) groups is 2. The number of thiocarbonyl (C=S) groups is 1. The molecule has 3 N–H and O–H groups in total. The highest BCUT2D eigenvalue weighted by Gasteiger charge is 2.13. The molecule has 6 heteroatoms. The van der Waals surface area contributed by atoms with Crippen LogP contribution in [0.5, 0.6) is 0 Å². The largest absolute Gasteiger partial charge is 0.350 e. The third kappa shape index (κ3) is 13.1. The van der Waals surface area contributed by atoms with E-state index in [4.69, 9.17) is 12.2 Å². The van der Waals surface area contributed by atoms with Gasteiger partial charge in [-0.1, -0.05) is 83.3 Å². The summed E-state index contributed by atoms with van der Waals surface area (Å²) in [4.78, 5) is 24.5. The van der Waals surface area contributed by atoms with E-state index >= 15 is 0 Å². The minimum absolute atomic E-state index is 0.0398. The summed E-state index contributed by atoms with van der Waals surface area (Å²) in [6, 6.07) is 7.17. The lowest BCUT2D eigenvalue weighted by Crippen LogP contribution is -2.35. The molecule has 0 aromatic heterocycles. The highest BCUT2D eigenvalue weighted by Crippen LogP contribution is 2.15. The maximum Gasteiger partial charge on any atom is 0.253 e. The van der Waals surface area contributed by atoms with Crippen molar-refractivity contribution in [3.63, 3.8) is 0 Å². The zero-order valence-electron chi connectivity index (χ0n) is 19.6. The van der Waals surface area contributed by atoms with Crippen molar-refractivity contribution in [2.24, 2.45) is 0 Å². The molecule has 0 fully saturated rings. The molecule has 2 amide bonds. The molecule has 0 saturated heterocycles. The van der Waals surface area contributed by atoms with Crippen LogP contribution in [-0.2, 0) is 4.79 Å². The van der Waals surface area contributed by atoms with Crippen molar-refractivity contribution < 1.29 is 9.59 Å². The van der Waals surface area contributed by atoms with Crippen molar-refractivity contribution in [3.05, 3.63) is 29.8 Å². The van der Waals surface area contributed by atoms with Crippen LogP contribution >= 0.6 is 12.2 Å². The van der Waals surface area contributed by atoms with Gasteiger partial charge in [0.05, 0.1) is 11.3 Å². The lowest BCUT2D eigenvalue weighted by Gasteiger charge is -2.14. The molecule has 1 aromatic rings. The van der Waals surface area contributed by atoms with Crippen LogP contribution in [0.1, 0.15) is 108 Å². The van der Waals surface area contributed by atoms with Gasteiger partial charge in [-0.2, -0.15) is 0 Å². The van der Waals surface area contributed by atoms with Gasteiger partial charge in [-0.25, -0.2) is 0 Å². The molecule has 0 aliphatic carbocycles. The second-order valence-electron chi connectivity index (χ2n) is 8.46. The van der Waals surface area contributed by atoms with Crippen LogP contribution in [0.4, 0.5) is 5.69 Å². The van der Waals surface area contributed by atoms with Crippen LogP contribution in [0.2, 0.25) is 0 Å². The van der Waals surface area contributed by atoms with Gasteiger partial charge in [-0.05, 0) is 44.6 Å². The molecule has 1 aromatic carbocycles. The summed E-state index contributed by atoms with van der Waals surface area (Å²) < 4.78 is 0. The molecule has 1 rings (SSSR count). The molecule has 0 atom stereocenters. The molecule has 5 nitrogen and oxygen atoms in total. The number of carbonyl (C=O) groups excluding carboxylic acids is 2. The first-order chi connectivity index (χ1) is 14.9. The smallest absolute Gasteiger partial charge is 0.253 e. The minimum Gasteiger partial charge on any atom is -0.350 e. The highest BCUT2D eigenvalue weighted by atomic mass is 32.1. The Hall–Kier alpha value is -1.95. The Kier molecular flexibility index (Phi) is 14.6. The number of unbranched alkanes of at least 4 members (excludes halogenated alkanes) is 10. The lowest BCUT2D eigenvalue weighted by molar-refractivity contribution is -0.119. The second-order valence-corrected chi connectivity index (χ2v) is 8.87. The predicted octanol–water partition coefficient (Wildman–Crippen LogP) is 6.34. The van der Waals surface area contributed by atoms with Crippen LogP contribution in [0, 0.1) is 0 Å². The Morgan fingerprint density at radius 2 is 1.42 bits per heavy atom. The second kappa shape index (κ2) is 16.7. The number of para-hydroxylation sites is 1. The average Bonchev–Trinajstić information content (AvgIpc) is 2.71. The van der Waals surface area contributed by atoms with E-state index in [0.717, 1.165) is 12.8 Å². The van der Waals surface area contributed by atoms with Crippen molar-refractivity contribution in [1.29, 1.82) is 0 Å². The van der Waals surface area contributed by atoms with Gasteiger partial charge in [-0.3, -0.25) is 9.59 Å². The summed E-state index contributed by atoms with van der Waals surface area (Å²) in [5.41, 5.74) is 1.08. The number of hydrogen-bond donors (Lipinski definition) is 3. The van der Waals surface area contributed by atoms with Crippen molar-refractivity contribution in [1.82, 2.24) is 10.6 Å². The van der Waals surface area contributed by atoms with Crippen LogP contribution in [0.25, 0.3) is 0 Å². The van der Waals surface area contributed by atoms with E-state index < -0.39 is 0 Å². The summed E-state index contributed by atoms with van der Waals surface area (Å²) in [5.74, 6) is -0.259. The van der Waals surface area contributed by atoms with E-state index in [1.54, 1.807) is 18.2 Å². The molecule has 0 spiro atoms. The minimum atomic E-state index is -0.173. The highest BCUT2D eigenvalue weighted by molar-refractivity contribution is 7.80. The molecular weight excluding hydrogens is 406 g/mol. The summed E-state index contributed by atoms with van der Waals surface area (Å²) >= 11 is 5.26. The molecule has 31 heavy (non-hydrogen) atoms. The number of benzene rings is 1. The number of nitrogens with one attached hydrogen (secondary N) is 3. The quantitative estimate of drug-likeness (QED) is 0.217. The van der Waals surface area contributed by atoms with Gasteiger partial charge < -0.3 is 16.0 Å². The van der Waals surface area contributed by atoms with E-state index in [1.165, 1.54) is 57.8 Å². The normalized spacial score (nSPS) is 10.7. The molecule has 0 radical (unpaired) electrons. The molecule has 0 aliphatic heterocycles. The number of hydrogen-bond acceptors (Lipinski definition) is 3. The maximum absolute atomic E-state index is 12.3. The fourth-order valence-electron chi connectivity index (χ4n) is 3.42. The van der Waals surface area contributed by atoms with Crippen molar-refractivity contribution in [2.75, 3.05) is 5.32 Å². The Balaban J connectivity index is 2.20. The lowest BCUT2D eigenvalue weighted by atomic mass is 10.1. The Bertz CT molecular complexity index is 676. The molecule has 0 bridgehead atoms. The molecule has 0 aliphatic rings. The van der Waals surface area contributed by atoms with Gasteiger partial charge in [-0.15, -0.1) is 0 Å². The third-order valence-electron chi connectivity index (χ3n) is 5.10. The first-order valence-electron chi connectivity index (χ1n) is 11.9. The van der Waals surface area contributed by atoms with Crippen LogP contribution in [-0.4, -0.2) is 23.0 Å². The number of anilines is 1. The van der Waals surface area contributed by atoms with Gasteiger partial charge in [0.1, 0.15) is 0 Å². The van der Waals surface area contributed by atoms with Gasteiger partial charge in [0.2, 0.25) is 5.91 Å². The fraction of sp³-hybridized carbons (Fsp3) is 0.640. The topological polar surface area (TPSA) is 70.2 Å². The summed E-state index contributed by atoms with van der Waals surface area (Å²) in [6.45, 7) is 6.07. The first-order valence-corrected chi connectivity index (χ1v) is 12.4. The Morgan fingerprint density at radius 3 is 2.00 bits per heavy atom. The fourth-order valence-corrected chi connectivity index (χ4v) is 3.65. The van der Waals surface area contributed by atoms with E-state index in [-0.39, 0.29) is 23.0 Å². The van der Waals surface area contributed by atoms with E-state index in [0.29, 0.717) is 17.7 Å². The van der Waals surface area contributed by atoms with Crippen molar-refractivity contribution in [2.45, 2.75) is 104 Å². The van der Waals surface area contributed by atoms with Crippen molar-refractivity contribution in [3.8, 4) is 0 Å². The average molecular weight is 448 g/mol. The monoisotopic (exact) mass is 447 g/mol.